The highest BCUT2D eigenvalue weighted by Crippen LogP contribution is 2.19. The van der Waals surface area contributed by atoms with Crippen LogP contribution in [0, 0.1) is 0 Å². The van der Waals surface area contributed by atoms with Crippen molar-refractivity contribution in [1.82, 2.24) is 5.32 Å². The zero-order valence-corrected chi connectivity index (χ0v) is 6.58. The number of hydrogen-bond acceptors (Lipinski definition) is 1. The molecule has 0 amide bonds. The van der Waals surface area contributed by atoms with Gasteiger partial charge in [-0.1, -0.05) is 13.3 Å². The fraction of sp³-hybridized carbons (Fsp3) is 1.00. The molecule has 10 heavy (non-hydrogen) atoms. The zero-order valence-electron chi connectivity index (χ0n) is 6.58. The second-order valence-electron chi connectivity index (χ2n) is 2.49. The van der Waals surface area contributed by atoms with Gasteiger partial charge >= 0.3 is 0 Å². The predicted molar refractivity (Wildman–Crippen MR) is 38.4 cm³/mol. The predicted octanol–water partition coefficient (Wildman–Crippen LogP) is 2.03. The van der Waals surface area contributed by atoms with Crippen molar-refractivity contribution in [3.05, 3.63) is 0 Å². The van der Waals surface area contributed by atoms with Crippen LogP contribution in [0.1, 0.15) is 26.2 Å². The molecule has 1 nitrogen and oxygen atoms in total. The monoisotopic (exact) mass is 151 g/mol. The standard InChI is InChI=1S/C7H15F2N/c1-3-4-5-7(8,9)6-10-2/h10H,3-6H2,1-2H3. The average molecular weight is 151 g/mol. The van der Waals surface area contributed by atoms with Crippen LogP contribution in [0.3, 0.4) is 0 Å². The maximum absolute atomic E-state index is 12.5. The summed E-state index contributed by atoms with van der Waals surface area (Å²) in [5.41, 5.74) is 0. The maximum atomic E-state index is 12.5. The molecule has 0 bridgehead atoms. The van der Waals surface area contributed by atoms with Crippen LogP contribution >= 0.6 is 0 Å². The number of hydrogen-bond donors (Lipinski definition) is 1. The van der Waals surface area contributed by atoms with Gasteiger partial charge in [0, 0.05) is 6.42 Å². The quantitative estimate of drug-likeness (QED) is 0.634. The minimum atomic E-state index is -2.51. The summed E-state index contributed by atoms with van der Waals surface area (Å²) >= 11 is 0. The fourth-order valence-electron chi connectivity index (χ4n) is 0.782. The summed E-state index contributed by atoms with van der Waals surface area (Å²) in [6.07, 6.45) is 1.44. The second kappa shape index (κ2) is 4.61. The molecule has 0 spiro atoms. The lowest BCUT2D eigenvalue weighted by Gasteiger charge is -2.14. The summed E-state index contributed by atoms with van der Waals surface area (Å²) in [4.78, 5) is 0. The van der Waals surface area contributed by atoms with Crippen molar-refractivity contribution in [3.63, 3.8) is 0 Å². The van der Waals surface area contributed by atoms with Crippen LogP contribution in [0.25, 0.3) is 0 Å². The van der Waals surface area contributed by atoms with Crippen molar-refractivity contribution in [3.8, 4) is 0 Å². The molecule has 0 unspecified atom stereocenters. The molecule has 0 aliphatic carbocycles. The lowest BCUT2D eigenvalue weighted by molar-refractivity contribution is -0.00660. The highest BCUT2D eigenvalue weighted by molar-refractivity contribution is 4.67. The molecule has 0 radical (unpaired) electrons. The summed E-state index contributed by atoms with van der Waals surface area (Å²) in [5.74, 6) is -2.51. The van der Waals surface area contributed by atoms with Gasteiger partial charge in [-0.05, 0) is 13.5 Å². The molecule has 0 rings (SSSR count). The van der Waals surface area contributed by atoms with E-state index in [4.69, 9.17) is 0 Å². The Labute approximate surface area is 60.8 Å². The minimum Gasteiger partial charge on any atom is -0.314 e. The van der Waals surface area contributed by atoms with E-state index in [9.17, 15) is 8.78 Å². The normalized spacial score (nSPS) is 12.0. The minimum absolute atomic E-state index is 0.00431. The van der Waals surface area contributed by atoms with E-state index < -0.39 is 5.92 Å². The molecule has 0 saturated heterocycles. The van der Waals surface area contributed by atoms with Crippen molar-refractivity contribution >= 4 is 0 Å². The highest BCUT2D eigenvalue weighted by atomic mass is 19.3. The van der Waals surface area contributed by atoms with E-state index in [1.807, 2.05) is 6.92 Å². The van der Waals surface area contributed by atoms with Gasteiger partial charge in [0.1, 0.15) is 0 Å². The van der Waals surface area contributed by atoms with Gasteiger partial charge in [-0.2, -0.15) is 0 Å². The number of unbranched alkanes of at least 4 members (excludes halogenated alkanes) is 1. The number of halogens is 2. The SMILES string of the molecule is CCCCC(F)(F)CNC. The molecule has 0 fully saturated rings. The molecule has 0 aromatic carbocycles. The van der Waals surface area contributed by atoms with E-state index in [0.29, 0.717) is 6.42 Å². The first-order valence-electron chi connectivity index (χ1n) is 3.65. The molecule has 3 heteroatoms. The lowest BCUT2D eigenvalue weighted by atomic mass is 10.1. The van der Waals surface area contributed by atoms with Gasteiger partial charge in [0.15, 0.2) is 0 Å². The van der Waals surface area contributed by atoms with Crippen molar-refractivity contribution in [2.24, 2.45) is 0 Å². The molecule has 0 heterocycles. The van der Waals surface area contributed by atoms with Crippen molar-refractivity contribution in [2.45, 2.75) is 32.1 Å². The Morgan fingerprint density at radius 1 is 1.40 bits per heavy atom. The van der Waals surface area contributed by atoms with E-state index in [1.165, 1.54) is 0 Å². The number of alkyl halides is 2. The topological polar surface area (TPSA) is 12.0 Å². The van der Waals surface area contributed by atoms with Gasteiger partial charge in [-0.15, -0.1) is 0 Å². The van der Waals surface area contributed by atoms with Crippen LogP contribution in [0.4, 0.5) is 8.78 Å². The third-order valence-corrected chi connectivity index (χ3v) is 1.33. The van der Waals surface area contributed by atoms with Gasteiger partial charge in [-0.25, -0.2) is 8.78 Å². The van der Waals surface area contributed by atoms with Gasteiger partial charge in [0.2, 0.25) is 0 Å². The summed E-state index contributed by atoms with van der Waals surface area (Å²) in [6, 6.07) is 0. The molecule has 62 valence electrons. The third-order valence-electron chi connectivity index (χ3n) is 1.33. The smallest absolute Gasteiger partial charge is 0.260 e. The van der Waals surface area contributed by atoms with Crippen LogP contribution < -0.4 is 5.32 Å². The van der Waals surface area contributed by atoms with Crippen LogP contribution in [0.5, 0.6) is 0 Å². The summed E-state index contributed by atoms with van der Waals surface area (Å²) in [6.45, 7) is 1.71. The third kappa shape index (κ3) is 4.68. The zero-order chi connectivity index (χ0) is 8.04. The summed E-state index contributed by atoms with van der Waals surface area (Å²) in [7, 11) is 1.54. The Hall–Kier alpha value is -0.180. The van der Waals surface area contributed by atoms with Crippen LogP contribution in [0.15, 0.2) is 0 Å². The van der Waals surface area contributed by atoms with Crippen LogP contribution in [0.2, 0.25) is 0 Å². The average Bonchev–Trinajstić information content (AvgIpc) is 1.84. The van der Waals surface area contributed by atoms with Gasteiger partial charge in [0.05, 0.1) is 6.54 Å². The second-order valence-corrected chi connectivity index (χ2v) is 2.49. The van der Waals surface area contributed by atoms with E-state index in [-0.39, 0.29) is 13.0 Å². The number of rotatable bonds is 5. The van der Waals surface area contributed by atoms with Crippen molar-refractivity contribution in [1.29, 1.82) is 0 Å². The van der Waals surface area contributed by atoms with E-state index >= 15 is 0 Å². The van der Waals surface area contributed by atoms with E-state index in [1.54, 1.807) is 7.05 Å². The van der Waals surface area contributed by atoms with Gasteiger partial charge in [0.25, 0.3) is 5.92 Å². The maximum Gasteiger partial charge on any atom is 0.260 e. The number of nitrogens with one attached hydrogen (secondary N) is 1. The first-order chi connectivity index (χ1) is 4.62. The van der Waals surface area contributed by atoms with Crippen molar-refractivity contribution in [2.75, 3.05) is 13.6 Å². The first kappa shape index (κ1) is 9.82. The lowest BCUT2D eigenvalue weighted by Crippen LogP contribution is -2.30. The summed E-state index contributed by atoms with van der Waals surface area (Å²) < 4.78 is 25.1. The summed E-state index contributed by atoms with van der Waals surface area (Å²) in [5, 5.41) is 2.47. The Morgan fingerprint density at radius 2 is 2.00 bits per heavy atom. The highest BCUT2D eigenvalue weighted by Gasteiger charge is 2.26. The van der Waals surface area contributed by atoms with E-state index in [0.717, 1.165) is 6.42 Å². The Bertz CT molecular complexity index is 83.7. The molecule has 0 aliphatic rings. The molecule has 0 atom stereocenters. The van der Waals surface area contributed by atoms with Gasteiger partial charge < -0.3 is 5.32 Å². The Morgan fingerprint density at radius 3 is 2.40 bits per heavy atom. The molecular weight excluding hydrogens is 136 g/mol. The first-order valence-corrected chi connectivity index (χ1v) is 3.65. The Kier molecular flexibility index (Phi) is 4.52. The molecule has 0 saturated carbocycles. The molecular formula is C7H15F2N. The fourth-order valence-corrected chi connectivity index (χ4v) is 0.782. The van der Waals surface area contributed by atoms with Crippen molar-refractivity contribution < 1.29 is 8.78 Å². The Balaban J connectivity index is 3.42. The molecule has 0 aromatic heterocycles. The van der Waals surface area contributed by atoms with E-state index in [2.05, 4.69) is 5.32 Å². The molecule has 0 aromatic rings. The van der Waals surface area contributed by atoms with Crippen LogP contribution in [-0.4, -0.2) is 19.5 Å². The largest absolute Gasteiger partial charge is 0.314 e. The molecule has 1 N–H and O–H groups in total. The van der Waals surface area contributed by atoms with Crippen LogP contribution in [-0.2, 0) is 0 Å². The van der Waals surface area contributed by atoms with Gasteiger partial charge in [-0.3, -0.25) is 0 Å². The molecule has 0 aliphatic heterocycles.